The largest absolute Gasteiger partial charge is 0.293 e. The van der Waals surface area contributed by atoms with Crippen LogP contribution in [0, 0.1) is 11.3 Å². The minimum absolute atomic E-state index is 0.0846. The first-order chi connectivity index (χ1) is 6.69. The maximum Gasteiger partial charge on any atom is 0.180 e. The lowest BCUT2D eigenvalue weighted by Gasteiger charge is -2.04. The van der Waals surface area contributed by atoms with E-state index in [9.17, 15) is 4.79 Å². The van der Waals surface area contributed by atoms with E-state index in [-0.39, 0.29) is 5.78 Å². The van der Waals surface area contributed by atoms with Gasteiger partial charge in [0.25, 0.3) is 0 Å². The SMILES string of the molecule is CCC(Cl)C(=O)c1ccc(C#N)cc1. The zero-order valence-electron chi connectivity index (χ0n) is 7.83. The Kier molecular flexibility index (Phi) is 3.67. The first kappa shape index (κ1) is 10.7. The number of nitriles is 1. The predicted octanol–water partition coefficient (Wildman–Crippen LogP) is 2.76. The minimum Gasteiger partial charge on any atom is -0.293 e. The molecule has 0 aromatic heterocycles. The summed E-state index contributed by atoms with van der Waals surface area (Å²) < 4.78 is 0. The van der Waals surface area contributed by atoms with Gasteiger partial charge in [0.05, 0.1) is 17.0 Å². The van der Waals surface area contributed by atoms with E-state index < -0.39 is 5.38 Å². The van der Waals surface area contributed by atoms with E-state index in [0.29, 0.717) is 17.5 Å². The van der Waals surface area contributed by atoms with Crippen LogP contribution >= 0.6 is 11.6 Å². The molecule has 1 aromatic rings. The van der Waals surface area contributed by atoms with Crippen LogP contribution in [-0.2, 0) is 0 Å². The first-order valence-corrected chi connectivity index (χ1v) is 4.81. The van der Waals surface area contributed by atoms with Gasteiger partial charge in [0.1, 0.15) is 0 Å². The number of halogens is 1. The van der Waals surface area contributed by atoms with E-state index >= 15 is 0 Å². The number of nitrogens with zero attached hydrogens (tertiary/aromatic N) is 1. The number of rotatable bonds is 3. The van der Waals surface area contributed by atoms with Crippen LogP contribution in [0.25, 0.3) is 0 Å². The molecule has 1 rings (SSSR count). The second-order valence-electron chi connectivity index (χ2n) is 2.93. The van der Waals surface area contributed by atoms with Gasteiger partial charge in [-0.05, 0) is 18.6 Å². The Hall–Kier alpha value is -1.33. The van der Waals surface area contributed by atoms with Crippen LogP contribution < -0.4 is 0 Å². The first-order valence-electron chi connectivity index (χ1n) is 4.37. The second kappa shape index (κ2) is 4.78. The van der Waals surface area contributed by atoms with Gasteiger partial charge in [-0.3, -0.25) is 4.79 Å². The Morgan fingerprint density at radius 3 is 2.50 bits per heavy atom. The summed E-state index contributed by atoms with van der Waals surface area (Å²) in [6.07, 6.45) is 0.611. The third-order valence-corrected chi connectivity index (χ3v) is 2.45. The van der Waals surface area contributed by atoms with Crippen LogP contribution in [0.5, 0.6) is 0 Å². The smallest absolute Gasteiger partial charge is 0.180 e. The quantitative estimate of drug-likeness (QED) is 0.565. The van der Waals surface area contributed by atoms with Crippen molar-refractivity contribution in [3.05, 3.63) is 35.4 Å². The molecule has 0 amide bonds. The van der Waals surface area contributed by atoms with Gasteiger partial charge in [0, 0.05) is 5.56 Å². The van der Waals surface area contributed by atoms with Gasteiger partial charge in [-0.1, -0.05) is 19.1 Å². The summed E-state index contributed by atoms with van der Waals surface area (Å²) in [7, 11) is 0. The maximum absolute atomic E-state index is 11.6. The standard InChI is InChI=1S/C11H10ClNO/c1-2-10(12)11(14)9-5-3-8(7-13)4-6-9/h3-6,10H,2H2,1H3. The van der Waals surface area contributed by atoms with Crippen molar-refractivity contribution in [3.63, 3.8) is 0 Å². The summed E-state index contributed by atoms with van der Waals surface area (Å²) >= 11 is 5.81. The molecular weight excluding hydrogens is 198 g/mol. The number of carbonyl (C=O) groups excluding carboxylic acids is 1. The van der Waals surface area contributed by atoms with Crippen molar-refractivity contribution in [2.75, 3.05) is 0 Å². The lowest BCUT2D eigenvalue weighted by atomic mass is 10.1. The summed E-state index contributed by atoms with van der Waals surface area (Å²) in [6.45, 7) is 1.86. The average molecular weight is 208 g/mol. The normalized spacial score (nSPS) is 11.8. The van der Waals surface area contributed by atoms with Crippen molar-refractivity contribution in [3.8, 4) is 6.07 Å². The molecule has 72 valence electrons. The van der Waals surface area contributed by atoms with Crippen molar-refractivity contribution in [1.29, 1.82) is 5.26 Å². The van der Waals surface area contributed by atoms with E-state index in [1.807, 2.05) is 13.0 Å². The molecule has 0 aliphatic heterocycles. The molecule has 0 fully saturated rings. The van der Waals surface area contributed by atoms with Crippen LogP contribution in [0.4, 0.5) is 0 Å². The number of benzene rings is 1. The molecule has 14 heavy (non-hydrogen) atoms. The average Bonchev–Trinajstić information content (AvgIpc) is 2.27. The van der Waals surface area contributed by atoms with Gasteiger partial charge in [0.2, 0.25) is 0 Å². The molecule has 1 atom stereocenters. The highest BCUT2D eigenvalue weighted by Crippen LogP contribution is 2.12. The molecule has 2 nitrogen and oxygen atoms in total. The number of ketones is 1. The van der Waals surface area contributed by atoms with E-state index in [2.05, 4.69) is 0 Å². The third kappa shape index (κ3) is 2.34. The summed E-state index contributed by atoms with van der Waals surface area (Å²) in [4.78, 5) is 11.6. The monoisotopic (exact) mass is 207 g/mol. The van der Waals surface area contributed by atoms with Crippen molar-refractivity contribution in [2.45, 2.75) is 18.7 Å². The fraction of sp³-hybridized carbons (Fsp3) is 0.273. The molecule has 1 unspecified atom stereocenters. The number of carbonyl (C=O) groups is 1. The molecule has 3 heteroatoms. The Morgan fingerprint density at radius 1 is 1.50 bits per heavy atom. The highest BCUT2D eigenvalue weighted by molar-refractivity contribution is 6.33. The topological polar surface area (TPSA) is 40.9 Å². The van der Waals surface area contributed by atoms with Crippen LogP contribution in [0.3, 0.4) is 0 Å². The molecule has 0 heterocycles. The number of hydrogen-bond acceptors (Lipinski definition) is 2. The van der Waals surface area contributed by atoms with Crippen LogP contribution in [0.15, 0.2) is 24.3 Å². The van der Waals surface area contributed by atoms with Crippen LogP contribution in [-0.4, -0.2) is 11.2 Å². The Bertz CT molecular complexity index is 364. The minimum atomic E-state index is -0.470. The van der Waals surface area contributed by atoms with Crippen molar-refractivity contribution in [1.82, 2.24) is 0 Å². The molecule has 0 N–H and O–H groups in total. The fourth-order valence-electron chi connectivity index (χ4n) is 1.08. The summed E-state index contributed by atoms with van der Waals surface area (Å²) in [6, 6.07) is 8.49. The summed E-state index contributed by atoms with van der Waals surface area (Å²) in [5, 5.41) is 8.09. The molecule has 0 saturated heterocycles. The molecule has 0 aliphatic carbocycles. The van der Waals surface area contributed by atoms with Crippen molar-refractivity contribution >= 4 is 17.4 Å². The van der Waals surface area contributed by atoms with Crippen molar-refractivity contribution in [2.24, 2.45) is 0 Å². The highest BCUT2D eigenvalue weighted by atomic mass is 35.5. The van der Waals surface area contributed by atoms with E-state index in [4.69, 9.17) is 16.9 Å². The molecule has 0 spiro atoms. The molecule has 0 radical (unpaired) electrons. The van der Waals surface area contributed by atoms with Gasteiger partial charge in [-0.25, -0.2) is 0 Å². The van der Waals surface area contributed by atoms with Gasteiger partial charge in [-0.2, -0.15) is 5.26 Å². The van der Waals surface area contributed by atoms with E-state index in [0.717, 1.165) is 0 Å². The second-order valence-corrected chi connectivity index (χ2v) is 3.46. The van der Waals surface area contributed by atoms with Crippen LogP contribution in [0.1, 0.15) is 29.3 Å². The summed E-state index contributed by atoms with van der Waals surface area (Å²) in [5.41, 5.74) is 1.11. The number of Topliss-reactive ketones (excluding diaryl/α,β-unsaturated/α-hetero) is 1. The lowest BCUT2D eigenvalue weighted by molar-refractivity contribution is 0.0985. The van der Waals surface area contributed by atoms with Gasteiger partial charge in [-0.15, -0.1) is 11.6 Å². The maximum atomic E-state index is 11.6. The number of alkyl halides is 1. The predicted molar refractivity (Wildman–Crippen MR) is 55.4 cm³/mol. The van der Waals surface area contributed by atoms with Crippen LogP contribution in [0.2, 0.25) is 0 Å². The lowest BCUT2D eigenvalue weighted by Crippen LogP contribution is -2.13. The van der Waals surface area contributed by atoms with Crippen molar-refractivity contribution < 1.29 is 4.79 Å². The molecular formula is C11H10ClNO. The van der Waals surface area contributed by atoms with Gasteiger partial charge in [0.15, 0.2) is 5.78 Å². The third-order valence-electron chi connectivity index (χ3n) is 1.94. The van der Waals surface area contributed by atoms with E-state index in [1.165, 1.54) is 0 Å². The number of hydrogen-bond donors (Lipinski definition) is 0. The Morgan fingerprint density at radius 2 is 2.07 bits per heavy atom. The Labute approximate surface area is 88.1 Å². The highest BCUT2D eigenvalue weighted by Gasteiger charge is 2.14. The zero-order chi connectivity index (χ0) is 10.6. The Balaban J connectivity index is 2.88. The molecule has 0 bridgehead atoms. The van der Waals surface area contributed by atoms with Gasteiger partial charge >= 0.3 is 0 Å². The van der Waals surface area contributed by atoms with Gasteiger partial charge < -0.3 is 0 Å². The molecule has 1 aromatic carbocycles. The van der Waals surface area contributed by atoms with E-state index in [1.54, 1.807) is 24.3 Å². The fourth-order valence-corrected chi connectivity index (χ4v) is 1.20. The molecule has 0 saturated carbocycles. The summed E-state index contributed by atoms with van der Waals surface area (Å²) in [5.74, 6) is -0.0846. The molecule has 0 aliphatic rings. The zero-order valence-corrected chi connectivity index (χ0v) is 8.58.